The zero-order valence-electron chi connectivity index (χ0n) is 18.8. The zero-order chi connectivity index (χ0) is 23.6. The van der Waals surface area contributed by atoms with Crippen LogP contribution < -0.4 is 14.8 Å². The first-order chi connectivity index (χ1) is 15.6. The molecule has 0 spiro atoms. The fraction of sp³-hybridized carbons (Fsp3) is 0.417. The Balaban J connectivity index is 1.33. The SMILES string of the molecule is C[C@](O)(NCCOc1ccc2c3c(oc2c1)CCCC3)[C@H](O)c1cccc(NS(C)(=O)=O)c1. The normalized spacial score (nSPS) is 16.7. The van der Waals surface area contributed by atoms with Gasteiger partial charge in [0.05, 0.1) is 6.26 Å². The van der Waals surface area contributed by atoms with Crippen molar-refractivity contribution in [2.75, 3.05) is 24.1 Å². The standard InChI is InChI=1S/C24H30N2O6S/c1-24(28,23(27)16-6-5-7-17(14-16)26-33(2,29)30)25-12-13-31-18-10-11-20-19-8-3-4-9-21(19)32-22(20)15-18/h5-7,10-11,14-15,23,25-28H,3-4,8-9,12-13H2,1-2H3/t23-,24-/m1/s1. The molecule has 0 unspecified atom stereocenters. The summed E-state index contributed by atoms with van der Waals surface area (Å²) >= 11 is 0. The molecule has 33 heavy (non-hydrogen) atoms. The Labute approximate surface area is 193 Å². The van der Waals surface area contributed by atoms with E-state index in [0.717, 1.165) is 42.2 Å². The van der Waals surface area contributed by atoms with Gasteiger partial charge in [-0.15, -0.1) is 0 Å². The number of benzene rings is 2. The summed E-state index contributed by atoms with van der Waals surface area (Å²) in [7, 11) is -3.45. The summed E-state index contributed by atoms with van der Waals surface area (Å²) in [4.78, 5) is 0. The van der Waals surface area contributed by atoms with Crippen LogP contribution in [0.15, 0.2) is 46.9 Å². The quantitative estimate of drug-likeness (QED) is 0.278. The minimum absolute atomic E-state index is 0.268. The molecule has 0 saturated heterocycles. The number of aryl methyl sites for hydroxylation is 2. The smallest absolute Gasteiger partial charge is 0.229 e. The van der Waals surface area contributed by atoms with Crippen LogP contribution in [0.4, 0.5) is 5.69 Å². The lowest BCUT2D eigenvalue weighted by atomic mass is 9.96. The average molecular weight is 475 g/mol. The predicted octanol–water partition coefficient (Wildman–Crippen LogP) is 3.09. The summed E-state index contributed by atoms with van der Waals surface area (Å²) in [5, 5.41) is 25.4. The highest BCUT2D eigenvalue weighted by Crippen LogP contribution is 2.33. The third-order valence-corrected chi connectivity index (χ3v) is 6.43. The van der Waals surface area contributed by atoms with E-state index in [0.29, 0.717) is 17.0 Å². The number of ether oxygens (including phenoxy) is 1. The van der Waals surface area contributed by atoms with Crippen LogP contribution in [0.5, 0.6) is 5.75 Å². The number of anilines is 1. The second-order valence-corrected chi connectivity index (χ2v) is 10.4. The van der Waals surface area contributed by atoms with E-state index >= 15 is 0 Å². The van der Waals surface area contributed by atoms with Gasteiger partial charge < -0.3 is 19.4 Å². The van der Waals surface area contributed by atoms with Gasteiger partial charge >= 0.3 is 0 Å². The van der Waals surface area contributed by atoms with Gasteiger partial charge in [-0.1, -0.05) is 12.1 Å². The molecule has 0 bridgehead atoms. The van der Waals surface area contributed by atoms with E-state index in [4.69, 9.17) is 9.15 Å². The van der Waals surface area contributed by atoms with Crippen LogP contribution in [0.1, 0.15) is 42.8 Å². The van der Waals surface area contributed by atoms with Crippen LogP contribution in [0.25, 0.3) is 11.0 Å². The molecule has 178 valence electrons. The van der Waals surface area contributed by atoms with E-state index < -0.39 is 21.9 Å². The third-order valence-electron chi connectivity index (χ3n) is 5.82. The average Bonchev–Trinajstić information content (AvgIpc) is 3.13. The number of aliphatic hydroxyl groups is 2. The molecule has 1 aliphatic carbocycles. The molecule has 1 aliphatic rings. The molecule has 3 aromatic rings. The van der Waals surface area contributed by atoms with Crippen LogP contribution in [0.3, 0.4) is 0 Å². The van der Waals surface area contributed by atoms with Crippen molar-refractivity contribution in [2.45, 2.75) is 44.4 Å². The van der Waals surface area contributed by atoms with Gasteiger partial charge in [-0.3, -0.25) is 10.0 Å². The molecule has 4 N–H and O–H groups in total. The number of rotatable bonds is 9. The summed E-state index contributed by atoms with van der Waals surface area (Å²) < 4.78 is 37.0. The zero-order valence-corrected chi connectivity index (χ0v) is 19.6. The second kappa shape index (κ2) is 9.34. The van der Waals surface area contributed by atoms with Crippen LogP contribution in [-0.4, -0.2) is 43.8 Å². The van der Waals surface area contributed by atoms with Crippen molar-refractivity contribution < 1.29 is 27.8 Å². The number of hydrogen-bond acceptors (Lipinski definition) is 7. The largest absolute Gasteiger partial charge is 0.492 e. The molecule has 0 amide bonds. The van der Waals surface area contributed by atoms with Gasteiger partial charge in [-0.2, -0.15) is 0 Å². The summed E-state index contributed by atoms with van der Waals surface area (Å²) in [6.45, 7) is 2.00. The van der Waals surface area contributed by atoms with Crippen molar-refractivity contribution in [1.82, 2.24) is 5.32 Å². The monoisotopic (exact) mass is 474 g/mol. The minimum atomic E-state index is -3.45. The van der Waals surface area contributed by atoms with Crippen molar-refractivity contribution in [3.05, 3.63) is 59.4 Å². The summed E-state index contributed by atoms with van der Waals surface area (Å²) in [5.41, 5.74) is 1.16. The van der Waals surface area contributed by atoms with Crippen molar-refractivity contribution in [2.24, 2.45) is 0 Å². The van der Waals surface area contributed by atoms with Crippen LogP contribution in [0, 0.1) is 0 Å². The van der Waals surface area contributed by atoms with Crippen LogP contribution >= 0.6 is 0 Å². The fourth-order valence-electron chi connectivity index (χ4n) is 4.21. The van der Waals surface area contributed by atoms with E-state index in [2.05, 4.69) is 10.0 Å². The maximum atomic E-state index is 11.4. The van der Waals surface area contributed by atoms with E-state index in [1.54, 1.807) is 18.2 Å². The first-order valence-electron chi connectivity index (χ1n) is 11.0. The highest BCUT2D eigenvalue weighted by molar-refractivity contribution is 7.92. The Hall–Kier alpha value is -2.59. The molecule has 0 aliphatic heterocycles. The molecule has 1 heterocycles. The minimum Gasteiger partial charge on any atom is -0.492 e. The first kappa shape index (κ1) is 23.6. The highest BCUT2D eigenvalue weighted by atomic mass is 32.2. The molecule has 0 saturated carbocycles. The molecular weight excluding hydrogens is 444 g/mol. The van der Waals surface area contributed by atoms with Gasteiger partial charge in [0, 0.05) is 35.7 Å². The number of hydrogen-bond donors (Lipinski definition) is 4. The molecule has 4 rings (SSSR count). The fourth-order valence-corrected chi connectivity index (χ4v) is 4.77. The third kappa shape index (κ3) is 5.67. The van der Waals surface area contributed by atoms with Crippen molar-refractivity contribution in [1.29, 1.82) is 0 Å². The number of fused-ring (bicyclic) bond motifs is 3. The predicted molar refractivity (Wildman–Crippen MR) is 127 cm³/mol. The topological polar surface area (TPSA) is 121 Å². The van der Waals surface area contributed by atoms with Gasteiger partial charge in [0.1, 0.15) is 35.5 Å². The molecule has 8 nitrogen and oxygen atoms in total. The summed E-state index contributed by atoms with van der Waals surface area (Å²) in [6.07, 6.45) is 4.14. The lowest BCUT2D eigenvalue weighted by Crippen LogP contribution is -2.49. The van der Waals surface area contributed by atoms with Crippen molar-refractivity contribution >= 4 is 26.7 Å². The van der Waals surface area contributed by atoms with E-state index in [-0.39, 0.29) is 13.2 Å². The van der Waals surface area contributed by atoms with E-state index in [1.165, 1.54) is 25.0 Å². The molecule has 9 heteroatoms. The van der Waals surface area contributed by atoms with Gasteiger partial charge in [0.2, 0.25) is 10.0 Å². The molecule has 2 aromatic carbocycles. The number of nitrogens with one attached hydrogen (secondary N) is 2. The molecule has 1 aromatic heterocycles. The molecule has 0 radical (unpaired) electrons. The summed E-state index contributed by atoms with van der Waals surface area (Å²) in [6, 6.07) is 12.1. The first-order valence-corrected chi connectivity index (χ1v) is 12.9. The summed E-state index contributed by atoms with van der Waals surface area (Å²) in [5.74, 6) is 1.76. The number of sulfonamides is 1. The van der Waals surface area contributed by atoms with Gasteiger partial charge in [0.25, 0.3) is 0 Å². The van der Waals surface area contributed by atoms with Gasteiger partial charge in [-0.25, -0.2) is 8.42 Å². The second-order valence-electron chi connectivity index (χ2n) is 8.69. The maximum absolute atomic E-state index is 11.4. The lowest BCUT2D eigenvalue weighted by molar-refractivity contribution is -0.0884. The lowest BCUT2D eigenvalue weighted by Gasteiger charge is -2.30. The number of furan rings is 1. The van der Waals surface area contributed by atoms with E-state index in [9.17, 15) is 18.6 Å². The van der Waals surface area contributed by atoms with E-state index in [1.807, 2.05) is 18.2 Å². The highest BCUT2D eigenvalue weighted by Gasteiger charge is 2.31. The Morgan fingerprint density at radius 3 is 2.76 bits per heavy atom. The van der Waals surface area contributed by atoms with Gasteiger partial charge in [0.15, 0.2) is 0 Å². The Bertz CT molecular complexity index is 1230. The molecule has 2 atom stereocenters. The van der Waals surface area contributed by atoms with Crippen LogP contribution in [-0.2, 0) is 22.9 Å². The van der Waals surface area contributed by atoms with Gasteiger partial charge in [-0.05, 0) is 56.0 Å². The van der Waals surface area contributed by atoms with Crippen LogP contribution in [0.2, 0.25) is 0 Å². The molecule has 0 fully saturated rings. The van der Waals surface area contributed by atoms with Crippen molar-refractivity contribution in [3.8, 4) is 5.75 Å². The Morgan fingerprint density at radius 2 is 1.97 bits per heavy atom. The Kier molecular flexibility index (Phi) is 6.67. The van der Waals surface area contributed by atoms with Crippen molar-refractivity contribution in [3.63, 3.8) is 0 Å². The number of aliphatic hydroxyl groups excluding tert-OH is 1. The maximum Gasteiger partial charge on any atom is 0.229 e. The Morgan fingerprint density at radius 1 is 1.18 bits per heavy atom. The molecular formula is C24H30N2O6S.